The Kier molecular flexibility index (Phi) is 9.41. The largest absolute Gasteiger partial charge is 0.375 e. The van der Waals surface area contributed by atoms with E-state index in [9.17, 15) is 4.79 Å². The molecule has 2 saturated carbocycles. The zero-order chi connectivity index (χ0) is 28.9. The summed E-state index contributed by atoms with van der Waals surface area (Å²) in [5.74, 6) is 0.899. The Balaban J connectivity index is 1.03. The van der Waals surface area contributed by atoms with Gasteiger partial charge in [0.15, 0.2) is 0 Å². The Labute approximate surface area is 252 Å². The molecule has 3 aromatic rings. The van der Waals surface area contributed by atoms with Crippen LogP contribution in [-0.4, -0.2) is 58.5 Å². The molecule has 3 fully saturated rings. The summed E-state index contributed by atoms with van der Waals surface area (Å²) in [5.41, 5.74) is 8.59. The van der Waals surface area contributed by atoms with E-state index in [1.54, 1.807) is 18.4 Å². The molecule has 1 saturated heterocycles. The van der Waals surface area contributed by atoms with Gasteiger partial charge >= 0.3 is 0 Å². The first-order chi connectivity index (χ1) is 20.6. The molecule has 0 bridgehead atoms. The standard InChI is InChI=1S/C32H42N6O3S/c1-40-28(22-9-11-23(12-10-22)29(33)39)31-37-36-30(42-31)24-13-7-21(8-14-24)25-19-34-32(35-20-25)38-17-15-27(16-18-38)41-26-5-3-2-4-6-26/h7-8,13-14,19-20,22-23,26-28H,2-6,9-12,15-18H2,1H3,(H2,33,39). The van der Waals surface area contributed by atoms with Gasteiger partial charge in [-0.2, -0.15) is 0 Å². The van der Waals surface area contributed by atoms with Gasteiger partial charge in [0.05, 0.1) is 12.2 Å². The fourth-order valence-electron chi connectivity index (χ4n) is 6.77. The quantitative estimate of drug-likeness (QED) is 0.325. The fourth-order valence-corrected chi connectivity index (χ4v) is 7.79. The number of anilines is 1. The highest BCUT2D eigenvalue weighted by atomic mass is 32.1. The summed E-state index contributed by atoms with van der Waals surface area (Å²) in [6.07, 6.45) is 16.5. The molecule has 3 aliphatic rings. The molecule has 2 N–H and O–H groups in total. The topological polar surface area (TPSA) is 116 Å². The number of nitrogens with two attached hydrogens (primary N) is 1. The Bertz CT molecular complexity index is 1290. The number of rotatable bonds is 9. The van der Waals surface area contributed by atoms with Crippen molar-refractivity contribution in [2.75, 3.05) is 25.1 Å². The number of nitrogens with zero attached hydrogens (tertiary/aromatic N) is 5. The predicted molar refractivity (Wildman–Crippen MR) is 164 cm³/mol. The molecule has 6 rings (SSSR count). The van der Waals surface area contributed by atoms with Crippen molar-refractivity contribution in [3.63, 3.8) is 0 Å². The maximum atomic E-state index is 11.5. The molecule has 1 atom stereocenters. The number of primary amides is 1. The average molecular weight is 591 g/mol. The third kappa shape index (κ3) is 6.82. The van der Waals surface area contributed by atoms with Crippen LogP contribution in [0.4, 0.5) is 5.95 Å². The van der Waals surface area contributed by atoms with Crippen LogP contribution < -0.4 is 10.6 Å². The number of methoxy groups -OCH3 is 1. The van der Waals surface area contributed by atoms with Crippen molar-refractivity contribution in [2.45, 2.75) is 88.9 Å². The van der Waals surface area contributed by atoms with E-state index >= 15 is 0 Å². The van der Waals surface area contributed by atoms with Crippen LogP contribution in [0.3, 0.4) is 0 Å². The maximum Gasteiger partial charge on any atom is 0.225 e. The first-order valence-corrected chi connectivity index (χ1v) is 16.4. The number of hydrogen-bond acceptors (Lipinski definition) is 9. The van der Waals surface area contributed by atoms with Gasteiger partial charge in [-0.15, -0.1) is 10.2 Å². The highest BCUT2D eigenvalue weighted by Gasteiger charge is 2.33. The predicted octanol–water partition coefficient (Wildman–Crippen LogP) is 5.96. The lowest BCUT2D eigenvalue weighted by Gasteiger charge is -2.34. The second-order valence-electron chi connectivity index (χ2n) is 12.0. The summed E-state index contributed by atoms with van der Waals surface area (Å²) in [6.45, 7) is 1.88. The molecule has 1 aromatic carbocycles. The smallest absolute Gasteiger partial charge is 0.225 e. The second-order valence-corrected chi connectivity index (χ2v) is 13.1. The molecule has 3 heterocycles. The molecule has 10 heteroatoms. The molecule has 9 nitrogen and oxygen atoms in total. The average Bonchev–Trinajstić information content (AvgIpc) is 3.53. The lowest BCUT2D eigenvalue weighted by Crippen LogP contribution is -2.39. The van der Waals surface area contributed by atoms with E-state index in [-0.39, 0.29) is 17.9 Å². The Morgan fingerprint density at radius 2 is 1.50 bits per heavy atom. The first kappa shape index (κ1) is 29.1. The van der Waals surface area contributed by atoms with E-state index in [0.29, 0.717) is 18.1 Å². The molecule has 0 spiro atoms. The minimum atomic E-state index is -0.193. The molecular weight excluding hydrogens is 548 g/mol. The molecule has 224 valence electrons. The molecule has 42 heavy (non-hydrogen) atoms. The van der Waals surface area contributed by atoms with E-state index < -0.39 is 0 Å². The number of aromatic nitrogens is 4. The van der Waals surface area contributed by atoms with Crippen molar-refractivity contribution < 1.29 is 14.3 Å². The van der Waals surface area contributed by atoms with Gasteiger partial charge in [0.25, 0.3) is 0 Å². The minimum absolute atomic E-state index is 0.0211. The van der Waals surface area contributed by atoms with Crippen LogP contribution in [-0.2, 0) is 14.3 Å². The summed E-state index contributed by atoms with van der Waals surface area (Å²) in [6, 6.07) is 8.32. The number of carbonyl (C=O) groups excluding carboxylic acids is 1. The van der Waals surface area contributed by atoms with E-state index in [1.165, 1.54) is 32.1 Å². The van der Waals surface area contributed by atoms with Gasteiger partial charge in [0.1, 0.15) is 16.1 Å². The van der Waals surface area contributed by atoms with E-state index in [1.807, 2.05) is 12.4 Å². The normalized spacial score (nSPS) is 23.1. The van der Waals surface area contributed by atoms with Gasteiger partial charge in [0, 0.05) is 49.6 Å². The second kappa shape index (κ2) is 13.6. The lowest BCUT2D eigenvalue weighted by molar-refractivity contribution is -0.123. The fraction of sp³-hybridized carbons (Fsp3) is 0.594. The highest BCUT2D eigenvalue weighted by Crippen LogP contribution is 2.40. The Morgan fingerprint density at radius 1 is 0.857 bits per heavy atom. The van der Waals surface area contributed by atoms with Crippen LogP contribution in [0.25, 0.3) is 21.7 Å². The van der Waals surface area contributed by atoms with Gasteiger partial charge in [-0.3, -0.25) is 4.79 Å². The molecule has 1 aliphatic heterocycles. The highest BCUT2D eigenvalue weighted by molar-refractivity contribution is 7.14. The number of piperidine rings is 1. The van der Waals surface area contributed by atoms with Crippen molar-refractivity contribution >= 4 is 23.2 Å². The molecular formula is C32H42N6O3S. The molecule has 1 amide bonds. The monoisotopic (exact) mass is 590 g/mol. The van der Waals surface area contributed by atoms with Crippen LogP contribution in [0, 0.1) is 11.8 Å². The number of hydrogen-bond donors (Lipinski definition) is 1. The molecule has 0 radical (unpaired) electrons. The molecule has 1 unspecified atom stereocenters. The van der Waals surface area contributed by atoms with Crippen LogP contribution in [0.5, 0.6) is 0 Å². The van der Waals surface area contributed by atoms with Crippen molar-refractivity contribution in [1.82, 2.24) is 20.2 Å². The summed E-state index contributed by atoms with van der Waals surface area (Å²) >= 11 is 1.57. The van der Waals surface area contributed by atoms with Crippen molar-refractivity contribution in [3.8, 4) is 21.7 Å². The van der Waals surface area contributed by atoms with Crippen molar-refractivity contribution in [1.29, 1.82) is 0 Å². The van der Waals surface area contributed by atoms with Gasteiger partial charge in [-0.05, 0) is 62.8 Å². The van der Waals surface area contributed by atoms with Crippen LogP contribution in [0.2, 0.25) is 0 Å². The number of carbonyl (C=O) groups is 1. The van der Waals surface area contributed by atoms with Crippen LogP contribution in [0.1, 0.15) is 81.7 Å². The summed E-state index contributed by atoms with van der Waals surface area (Å²) in [4.78, 5) is 23.2. The van der Waals surface area contributed by atoms with Gasteiger partial charge in [-0.25, -0.2) is 9.97 Å². The van der Waals surface area contributed by atoms with E-state index in [4.69, 9.17) is 25.2 Å². The van der Waals surface area contributed by atoms with Gasteiger partial charge in [0.2, 0.25) is 11.9 Å². The maximum absolute atomic E-state index is 11.5. The van der Waals surface area contributed by atoms with Gasteiger partial charge in [-0.1, -0.05) is 54.9 Å². The third-order valence-corrected chi connectivity index (χ3v) is 10.3. The summed E-state index contributed by atoms with van der Waals surface area (Å²) < 4.78 is 12.3. The number of amides is 1. The summed E-state index contributed by atoms with van der Waals surface area (Å²) in [7, 11) is 1.72. The van der Waals surface area contributed by atoms with E-state index in [2.05, 4.69) is 39.4 Å². The molecule has 2 aliphatic carbocycles. The minimum Gasteiger partial charge on any atom is -0.375 e. The zero-order valence-electron chi connectivity index (χ0n) is 24.5. The molecule has 2 aromatic heterocycles. The van der Waals surface area contributed by atoms with Crippen molar-refractivity contribution in [3.05, 3.63) is 41.7 Å². The lowest BCUT2D eigenvalue weighted by atomic mass is 9.79. The first-order valence-electron chi connectivity index (χ1n) is 15.6. The van der Waals surface area contributed by atoms with Crippen molar-refractivity contribution in [2.24, 2.45) is 17.6 Å². The summed E-state index contributed by atoms with van der Waals surface area (Å²) in [5, 5.41) is 10.7. The van der Waals surface area contributed by atoms with E-state index in [0.717, 1.165) is 84.3 Å². The zero-order valence-corrected chi connectivity index (χ0v) is 25.3. The number of benzene rings is 1. The third-order valence-electron chi connectivity index (χ3n) is 9.31. The number of ether oxygens (including phenoxy) is 2. The van der Waals surface area contributed by atoms with Gasteiger partial charge < -0.3 is 20.1 Å². The van der Waals surface area contributed by atoms with Crippen LogP contribution >= 0.6 is 11.3 Å². The Morgan fingerprint density at radius 3 is 2.14 bits per heavy atom. The van der Waals surface area contributed by atoms with Crippen LogP contribution in [0.15, 0.2) is 36.7 Å². The SMILES string of the molecule is COC(c1nnc(-c2ccc(-c3cnc(N4CCC(OC5CCCCC5)CC4)nc3)cc2)s1)C1CCC(C(N)=O)CC1. The Hall–Kier alpha value is -2.95.